The molecule has 80 valence electrons. The van der Waals surface area contributed by atoms with Crippen LogP contribution >= 0.6 is 0 Å². The number of carbonyl (C=O) groups is 1. The number of hydrogen-bond acceptors (Lipinski definition) is 3. The van der Waals surface area contributed by atoms with Crippen LogP contribution in [0, 0.1) is 0 Å². The van der Waals surface area contributed by atoms with Crippen molar-refractivity contribution in [2.45, 2.75) is 13.0 Å². The summed E-state index contributed by atoms with van der Waals surface area (Å²) in [5.74, 6) is -1.07. The lowest BCUT2D eigenvalue weighted by Crippen LogP contribution is -2.02. The Kier molecular flexibility index (Phi) is 3.46. The molecule has 1 aromatic carbocycles. The second kappa shape index (κ2) is 4.61. The van der Waals surface area contributed by atoms with Crippen molar-refractivity contribution in [3.63, 3.8) is 0 Å². The first-order valence-electron chi connectivity index (χ1n) is 4.45. The monoisotopic (exact) mass is 207 g/mol. The summed E-state index contributed by atoms with van der Waals surface area (Å²) >= 11 is 0. The van der Waals surface area contributed by atoms with Crippen molar-refractivity contribution in [2.24, 2.45) is 0 Å². The van der Waals surface area contributed by atoms with Crippen molar-refractivity contribution in [1.29, 1.82) is 0 Å². The van der Waals surface area contributed by atoms with E-state index in [1.54, 1.807) is 31.2 Å². The van der Waals surface area contributed by atoms with Gasteiger partial charge < -0.3 is 15.9 Å². The van der Waals surface area contributed by atoms with Crippen molar-refractivity contribution in [2.75, 3.05) is 5.73 Å². The number of carboxylic acids is 1. The standard InChI is InChI=1S/C11H13NO3/c1-7(6-10(13)14)11(15)8-2-4-9(12)5-3-8/h2-6,11,15H,12H2,1H3,(H,13,14)/b7-6+. The van der Waals surface area contributed by atoms with E-state index in [-0.39, 0.29) is 0 Å². The second-order valence-electron chi connectivity index (χ2n) is 3.30. The van der Waals surface area contributed by atoms with Crippen LogP contribution in [0.5, 0.6) is 0 Å². The SMILES string of the molecule is C/C(=C\C(=O)O)C(O)c1ccc(N)cc1. The Labute approximate surface area is 87.7 Å². The molecule has 15 heavy (non-hydrogen) atoms. The third-order valence-corrected chi connectivity index (χ3v) is 2.03. The lowest BCUT2D eigenvalue weighted by atomic mass is 10.0. The van der Waals surface area contributed by atoms with Gasteiger partial charge in [0, 0.05) is 11.8 Å². The lowest BCUT2D eigenvalue weighted by Gasteiger charge is -2.11. The Hall–Kier alpha value is -1.81. The van der Waals surface area contributed by atoms with Crippen molar-refractivity contribution >= 4 is 11.7 Å². The van der Waals surface area contributed by atoms with Gasteiger partial charge in [-0.1, -0.05) is 12.1 Å². The quantitative estimate of drug-likeness (QED) is 0.515. The highest BCUT2D eigenvalue weighted by Gasteiger charge is 2.10. The molecule has 0 fully saturated rings. The van der Waals surface area contributed by atoms with E-state index in [9.17, 15) is 9.90 Å². The second-order valence-corrected chi connectivity index (χ2v) is 3.30. The molecule has 0 aliphatic rings. The summed E-state index contributed by atoms with van der Waals surface area (Å²) in [5.41, 5.74) is 7.10. The van der Waals surface area contributed by atoms with E-state index >= 15 is 0 Å². The fraction of sp³-hybridized carbons (Fsp3) is 0.182. The highest BCUT2D eigenvalue weighted by atomic mass is 16.4. The molecule has 1 atom stereocenters. The van der Waals surface area contributed by atoms with Crippen molar-refractivity contribution in [3.05, 3.63) is 41.5 Å². The van der Waals surface area contributed by atoms with Crippen molar-refractivity contribution < 1.29 is 15.0 Å². The first-order chi connectivity index (χ1) is 7.00. The fourth-order valence-electron chi connectivity index (χ4n) is 1.21. The Bertz CT molecular complexity index is 381. The molecule has 1 aromatic rings. The highest BCUT2D eigenvalue weighted by Crippen LogP contribution is 2.21. The molecule has 1 unspecified atom stereocenters. The van der Waals surface area contributed by atoms with E-state index in [4.69, 9.17) is 10.8 Å². The largest absolute Gasteiger partial charge is 0.478 e. The van der Waals surface area contributed by atoms with E-state index in [1.165, 1.54) is 0 Å². The number of nitrogens with two attached hydrogens (primary N) is 1. The summed E-state index contributed by atoms with van der Waals surface area (Å²) in [6.07, 6.45) is 0.0859. The average molecular weight is 207 g/mol. The molecule has 4 nitrogen and oxygen atoms in total. The normalized spacial score (nSPS) is 13.6. The van der Waals surface area contributed by atoms with Crippen molar-refractivity contribution in [1.82, 2.24) is 0 Å². The van der Waals surface area contributed by atoms with Gasteiger partial charge in [0.1, 0.15) is 6.10 Å². The van der Waals surface area contributed by atoms with Crippen LogP contribution in [0.25, 0.3) is 0 Å². The van der Waals surface area contributed by atoms with E-state index in [0.29, 0.717) is 16.8 Å². The molecule has 0 heterocycles. The predicted octanol–water partition coefficient (Wildman–Crippen LogP) is 1.33. The van der Waals surface area contributed by atoms with Gasteiger partial charge in [0.05, 0.1) is 0 Å². The zero-order valence-corrected chi connectivity index (χ0v) is 8.34. The number of hydrogen-bond donors (Lipinski definition) is 3. The molecule has 0 amide bonds. The third kappa shape index (κ3) is 3.11. The molecule has 0 spiro atoms. The maximum absolute atomic E-state index is 10.4. The Morgan fingerprint density at radius 1 is 1.40 bits per heavy atom. The van der Waals surface area contributed by atoms with Gasteiger partial charge in [-0.3, -0.25) is 0 Å². The number of benzene rings is 1. The minimum atomic E-state index is -1.07. The van der Waals surface area contributed by atoms with Gasteiger partial charge in [-0.25, -0.2) is 4.79 Å². The van der Waals surface area contributed by atoms with Crippen LogP contribution in [0.2, 0.25) is 0 Å². The van der Waals surface area contributed by atoms with E-state index in [1.807, 2.05) is 0 Å². The first-order valence-corrected chi connectivity index (χ1v) is 4.45. The first kappa shape index (κ1) is 11.3. The van der Waals surface area contributed by atoms with Crippen LogP contribution < -0.4 is 5.73 Å². The molecular weight excluding hydrogens is 194 g/mol. The number of anilines is 1. The number of carboxylic acid groups (broad SMARTS) is 1. The number of aliphatic hydroxyl groups is 1. The summed E-state index contributed by atoms with van der Waals surface area (Å²) in [5, 5.41) is 18.3. The Morgan fingerprint density at radius 3 is 2.40 bits per heavy atom. The number of aliphatic hydroxyl groups excluding tert-OH is 1. The smallest absolute Gasteiger partial charge is 0.328 e. The van der Waals surface area contributed by atoms with E-state index in [0.717, 1.165) is 6.08 Å². The van der Waals surface area contributed by atoms with Crippen LogP contribution in [0.4, 0.5) is 5.69 Å². The number of nitrogen functional groups attached to an aromatic ring is 1. The summed E-state index contributed by atoms with van der Waals surface area (Å²) < 4.78 is 0. The van der Waals surface area contributed by atoms with E-state index < -0.39 is 12.1 Å². The number of aliphatic carboxylic acids is 1. The van der Waals surface area contributed by atoms with Crippen LogP contribution in [0.1, 0.15) is 18.6 Å². The molecule has 0 aliphatic heterocycles. The summed E-state index contributed by atoms with van der Waals surface area (Å²) in [6, 6.07) is 6.65. The summed E-state index contributed by atoms with van der Waals surface area (Å²) in [4.78, 5) is 10.4. The highest BCUT2D eigenvalue weighted by molar-refractivity contribution is 5.80. The Balaban J connectivity index is 2.89. The molecule has 0 radical (unpaired) electrons. The molecule has 1 rings (SSSR count). The van der Waals surface area contributed by atoms with Gasteiger partial charge in [-0.2, -0.15) is 0 Å². The van der Waals surface area contributed by atoms with Crippen molar-refractivity contribution in [3.8, 4) is 0 Å². The molecule has 4 heteroatoms. The van der Waals surface area contributed by atoms with E-state index in [2.05, 4.69) is 0 Å². The topological polar surface area (TPSA) is 83.5 Å². The van der Waals surface area contributed by atoms with Gasteiger partial charge in [-0.15, -0.1) is 0 Å². The third-order valence-electron chi connectivity index (χ3n) is 2.03. The predicted molar refractivity (Wildman–Crippen MR) is 57.2 cm³/mol. The minimum absolute atomic E-state index is 0.382. The lowest BCUT2D eigenvalue weighted by molar-refractivity contribution is -0.131. The molecule has 0 saturated heterocycles. The molecule has 0 bridgehead atoms. The molecule has 0 aromatic heterocycles. The fourth-order valence-corrected chi connectivity index (χ4v) is 1.21. The van der Waals surface area contributed by atoms with Crippen LogP contribution in [-0.4, -0.2) is 16.2 Å². The summed E-state index contributed by atoms with van der Waals surface area (Å²) in [7, 11) is 0. The van der Waals surface area contributed by atoms with Gasteiger partial charge in [0.15, 0.2) is 0 Å². The van der Waals surface area contributed by atoms with Crippen LogP contribution in [0.3, 0.4) is 0 Å². The molecular formula is C11H13NO3. The molecule has 0 saturated carbocycles. The van der Waals surface area contributed by atoms with Gasteiger partial charge in [-0.05, 0) is 30.2 Å². The maximum atomic E-state index is 10.4. The zero-order chi connectivity index (χ0) is 11.4. The minimum Gasteiger partial charge on any atom is -0.478 e. The zero-order valence-electron chi connectivity index (χ0n) is 8.34. The van der Waals surface area contributed by atoms with Crippen LogP contribution in [-0.2, 0) is 4.79 Å². The maximum Gasteiger partial charge on any atom is 0.328 e. The van der Waals surface area contributed by atoms with Gasteiger partial charge in [0.25, 0.3) is 0 Å². The summed E-state index contributed by atoms with van der Waals surface area (Å²) in [6.45, 7) is 1.56. The average Bonchev–Trinajstić information content (AvgIpc) is 2.17. The number of rotatable bonds is 3. The van der Waals surface area contributed by atoms with Gasteiger partial charge >= 0.3 is 5.97 Å². The Morgan fingerprint density at radius 2 is 1.93 bits per heavy atom. The molecule has 0 aliphatic carbocycles. The molecule has 4 N–H and O–H groups in total. The van der Waals surface area contributed by atoms with Gasteiger partial charge in [0.2, 0.25) is 0 Å². The van der Waals surface area contributed by atoms with Crippen LogP contribution in [0.15, 0.2) is 35.9 Å².